The zero-order valence-electron chi connectivity index (χ0n) is 20.6. The summed E-state index contributed by atoms with van der Waals surface area (Å²) >= 11 is 0. The summed E-state index contributed by atoms with van der Waals surface area (Å²) in [7, 11) is 0. The molecule has 6 heteroatoms. The Morgan fingerprint density at radius 1 is 0.806 bits per heavy atom. The van der Waals surface area contributed by atoms with Crippen LogP contribution in [0.15, 0.2) is 48.5 Å². The molecule has 1 saturated carbocycles. The van der Waals surface area contributed by atoms with Crippen LogP contribution >= 0.6 is 0 Å². The summed E-state index contributed by atoms with van der Waals surface area (Å²) in [4.78, 5) is 12.6. The molecular formula is C30H30F4O2. The van der Waals surface area contributed by atoms with Crippen LogP contribution in [0, 0.1) is 29.2 Å². The Kier molecular flexibility index (Phi) is 8.12. The fraction of sp³-hybridized carbons (Fsp3) is 0.367. The van der Waals surface area contributed by atoms with E-state index in [1.807, 2.05) is 26.0 Å². The first-order valence-corrected chi connectivity index (χ1v) is 12.6. The Labute approximate surface area is 209 Å². The van der Waals surface area contributed by atoms with Crippen LogP contribution in [0.1, 0.15) is 68.6 Å². The van der Waals surface area contributed by atoms with Gasteiger partial charge in [0.1, 0.15) is 0 Å². The number of carbonyl (C=O) groups is 1. The largest absolute Gasteiger partial charge is 0.423 e. The van der Waals surface area contributed by atoms with Crippen molar-refractivity contribution < 1.29 is 27.1 Å². The molecule has 0 aliphatic heterocycles. The van der Waals surface area contributed by atoms with Crippen molar-refractivity contribution in [3.05, 3.63) is 88.5 Å². The van der Waals surface area contributed by atoms with Crippen molar-refractivity contribution in [3.8, 4) is 16.9 Å². The zero-order valence-corrected chi connectivity index (χ0v) is 20.6. The second-order valence-corrected chi connectivity index (χ2v) is 9.45. The van der Waals surface area contributed by atoms with Gasteiger partial charge in [-0.2, -0.15) is 4.39 Å². The molecule has 1 aliphatic rings. The predicted molar refractivity (Wildman–Crippen MR) is 132 cm³/mol. The Balaban J connectivity index is 1.41. The molecule has 0 atom stereocenters. The van der Waals surface area contributed by atoms with E-state index in [0.717, 1.165) is 12.0 Å². The molecule has 0 amide bonds. The van der Waals surface area contributed by atoms with Crippen LogP contribution in [0.4, 0.5) is 17.6 Å². The summed E-state index contributed by atoms with van der Waals surface area (Å²) < 4.78 is 63.7. The number of hydrogen-bond donors (Lipinski definition) is 0. The number of esters is 1. The predicted octanol–water partition coefficient (Wildman–Crippen LogP) is 8.30. The quantitative estimate of drug-likeness (QED) is 0.186. The van der Waals surface area contributed by atoms with Gasteiger partial charge >= 0.3 is 5.97 Å². The number of benzene rings is 3. The van der Waals surface area contributed by atoms with Crippen molar-refractivity contribution in [2.24, 2.45) is 5.92 Å². The molecule has 2 nitrogen and oxygen atoms in total. The fourth-order valence-electron chi connectivity index (χ4n) is 4.97. The molecule has 0 heterocycles. The summed E-state index contributed by atoms with van der Waals surface area (Å²) in [5.41, 5.74) is 2.50. The minimum Gasteiger partial charge on any atom is -0.423 e. The van der Waals surface area contributed by atoms with Gasteiger partial charge in [0, 0.05) is 5.56 Å². The molecule has 0 unspecified atom stereocenters. The molecule has 0 saturated heterocycles. The number of ether oxygens (including phenoxy) is 1. The second-order valence-electron chi connectivity index (χ2n) is 9.45. The molecule has 0 N–H and O–H groups in total. The normalized spacial score (nSPS) is 17.7. The number of aryl methyl sites for hydroxylation is 2. The van der Waals surface area contributed by atoms with Crippen LogP contribution in [0.3, 0.4) is 0 Å². The first-order chi connectivity index (χ1) is 17.3. The van der Waals surface area contributed by atoms with E-state index in [-0.39, 0.29) is 17.0 Å². The maximum atomic E-state index is 15.0. The third kappa shape index (κ3) is 5.32. The van der Waals surface area contributed by atoms with Crippen LogP contribution in [-0.4, -0.2) is 5.97 Å². The van der Waals surface area contributed by atoms with Gasteiger partial charge in [0.25, 0.3) is 0 Å². The van der Waals surface area contributed by atoms with E-state index < -0.39 is 40.9 Å². The second kappa shape index (κ2) is 11.3. The van der Waals surface area contributed by atoms with Gasteiger partial charge in [0.05, 0.1) is 5.92 Å². The summed E-state index contributed by atoms with van der Waals surface area (Å²) in [6.45, 7) is 3.89. The minimum atomic E-state index is -1.16. The van der Waals surface area contributed by atoms with E-state index in [2.05, 4.69) is 0 Å². The number of halogens is 4. The first-order valence-electron chi connectivity index (χ1n) is 12.6. The Hall–Kier alpha value is -3.15. The van der Waals surface area contributed by atoms with Crippen molar-refractivity contribution in [3.63, 3.8) is 0 Å². The molecule has 190 valence electrons. The lowest BCUT2D eigenvalue weighted by Crippen LogP contribution is -2.26. The molecule has 4 rings (SSSR count). The van der Waals surface area contributed by atoms with Crippen LogP contribution in [0.2, 0.25) is 0 Å². The van der Waals surface area contributed by atoms with E-state index in [9.17, 15) is 18.0 Å². The molecule has 1 aliphatic carbocycles. The van der Waals surface area contributed by atoms with E-state index in [1.165, 1.54) is 12.1 Å². The molecule has 0 aromatic heterocycles. The lowest BCUT2D eigenvalue weighted by molar-refractivity contribution is -0.140. The molecule has 0 spiro atoms. The van der Waals surface area contributed by atoms with Gasteiger partial charge in [-0.3, -0.25) is 4.79 Å². The van der Waals surface area contributed by atoms with Crippen LogP contribution in [0.25, 0.3) is 11.1 Å². The number of carbonyl (C=O) groups excluding carboxylic acids is 1. The monoisotopic (exact) mass is 498 g/mol. The van der Waals surface area contributed by atoms with Gasteiger partial charge in [-0.05, 0) is 72.8 Å². The average molecular weight is 499 g/mol. The molecule has 3 aromatic rings. The number of rotatable bonds is 7. The summed E-state index contributed by atoms with van der Waals surface area (Å²) in [5.74, 6) is -5.68. The SMILES string of the molecule is CCCc1ccc(OC(=O)C2CCC(c3ccc(-c4ccc(CC)cc4)c(F)c3F)CC2)c(F)c1F. The van der Waals surface area contributed by atoms with Crippen molar-refractivity contribution in [2.45, 2.75) is 64.7 Å². The third-order valence-electron chi connectivity index (χ3n) is 7.14. The van der Waals surface area contributed by atoms with Gasteiger partial charge in [-0.1, -0.05) is 62.7 Å². The maximum Gasteiger partial charge on any atom is 0.314 e. The third-order valence-corrected chi connectivity index (χ3v) is 7.14. The van der Waals surface area contributed by atoms with Gasteiger partial charge in [0.2, 0.25) is 5.82 Å². The maximum absolute atomic E-state index is 15.0. The first kappa shape index (κ1) is 25.9. The van der Waals surface area contributed by atoms with Gasteiger partial charge in [0.15, 0.2) is 23.2 Å². The van der Waals surface area contributed by atoms with Crippen molar-refractivity contribution >= 4 is 5.97 Å². The van der Waals surface area contributed by atoms with E-state index in [0.29, 0.717) is 49.7 Å². The van der Waals surface area contributed by atoms with E-state index >= 15 is 4.39 Å². The summed E-state index contributed by atoms with van der Waals surface area (Å²) in [6, 6.07) is 13.3. The average Bonchev–Trinajstić information content (AvgIpc) is 2.90. The molecule has 1 fully saturated rings. The van der Waals surface area contributed by atoms with Crippen LogP contribution in [0.5, 0.6) is 5.75 Å². The molecule has 0 bridgehead atoms. The van der Waals surface area contributed by atoms with Crippen molar-refractivity contribution in [2.75, 3.05) is 0 Å². The molecular weight excluding hydrogens is 468 g/mol. The zero-order chi connectivity index (χ0) is 25.8. The topological polar surface area (TPSA) is 26.3 Å². The smallest absolute Gasteiger partial charge is 0.314 e. The van der Waals surface area contributed by atoms with E-state index in [4.69, 9.17) is 4.74 Å². The van der Waals surface area contributed by atoms with E-state index in [1.54, 1.807) is 24.3 Å². The van der Waals surface area contributed by atoms with Gasteiger partial charge < -0.3 is 4.74 Å². The molecule has 3 aromatic carbocycles. The molecule has 0 radical (unpaired) electrons. The summed E-state index contributed by atoms with van der Waals surface area (Å²) in [6.07, 6.45) is 3.64. The standard InChI is InChI=1S/C30H30F4O2/c1-3-5-21-14-17-25(29(34)26(21)31)36-30(35)22-12-10-20(11-13-22)24-16-15-23(27(32)28(24)33)19-8-6-18(4-2)7-9-19/h6-9,14-17,20,22H,3-5,10-13H2,1-2H3. The Bertz CT molecular complexity index is 1230. The summed E-state index contributed by atoms with van der Waals surface area (Å²) in [5, 5.41) is 0. The Morgan fingerprint density at radius 2 is 1.50 bits per heavy atom. The highest BCUT2D eigenvalue weighted by atomic mass is 19.2. The lowest BCUT2D eigenvalue weighted by Gasteiger charge is -2.28. The van der Waals surface area contributed by atoms with Gasteiger partial charge in [-0.15, -0.1) is 0 Å². The van der Waals surface area contributed by atoms with Gasteiger partial charge in [-0.25, -0.2) is 13.2 Å². The lowest BCUT2D eigenvalue weighted by atomic mass is 9.78. The Morgan fingerprint density at radius 3 is 2.14 bits per heavy atom. The number of hydrogen-bond acceptors (Lipinski definition) is 2. The highest BCUT2D eigenvalue weighted by Gasteiger charge is 2.31. The minimum absolute atomic E-state index is 0.218. The van der Waals surface area contributed by atoms with Crippen molar-refractivity contribution in [1.82, 2.24) is 0 Å². The fourth-order valence-corrected chi connectivity index (χ4v) is 4.97. The van der Waals surface area contributed by atoms with Crippen LogP contribution in [-0.2, 0) is 17.6 Å². The van der Waals surface area contributed by atoms with Crippen LogP contribution < -0.4 is 4.74 Å². The highest BCUT2D eigenvalue weighted by Crippen LogP contribution is 2.39. The van der Waals surface area contributed by atoms with Crippen molar-refractivity contribution in [1.29, 1.82) is 0 Å². The molecule has 36 heavy (non-hydrogen) atoms. The highest BCUT2D eigenvalue weighted by molar-refractivity contribution is 5.75.